The van der Waals surface area contributed by atoms with Gasteiger partial charge in [0.25, 0.3) is 10.1 Å². The van der Waals surface area contributed by atoms with Crippen LogP contribution in [-0.4, -0.2) is 145 Å². The van der Waals surface area contributed by atoms with Crippen molar-refractivity contribution in [3.05, 3.63) is 35.4 Å². The summed E-state index contributed by atoms with van der Waals surface area (Å²) in [6.07, 6.45) is 2.74. The first-order valence-corrected chi connectivity index (χ1v) is 21.1. The van der Waals surface area contributed by atoms with Gasteiger partial charge in [-0.15, -0.1) is 0 Å². The molecule has 0 unspecified atom stereocenters. The van der Waals surface area contributed by atoms with E-state index in [2.05, 4.69) is 20.9 Å². The van der Waals surface area contributed by atoms with Crippen molar-refractivity contribution in [2.24, 2.45) is 5.41 Å². The van der Waals surface area contributed by atoms with Gasteiger partial charge < -0.3 is 39.2 Å². The van der Waals surface area contributed by atoms with Crippen LogP contribution in [0.1, 0.15) is 84.9 Å². The maximum Gasteiger partial charge on any atom is 0.410 e. The summed E-state index contributed by atoms with van der Waals surface area (Å²) in [5.41, 5.74) is 0.759. The Morgan fingerprint density at radius 2 is 1.50 bits per heavy atom. The Kier molecular flexibility index (Phi) is 18.0. The van der Waals surface area contributed by atoms with Gasteiger partial charge in [-0.25, -0.2) is 4.79 Å². The van der Waals surface area contributed by atoms with Crippen molar-refractivity contribution >= 4 is 33.9 Å². The number of nitrogens with zero attached hydrogens (tertiary/aromatic N) is 2. The van der Waals surface area contributed by atoms with Crippen LogP contribution in [0.15, 0.2) is 24.3 Å². The number of ether oxygens (including phenoxy) is 5. The van der Waals surface area contributed by atoms with Crippen LogP contribution in [-0.2, 0) is 58.8 Å². The summed E-state index contributed by atoms with van der Waals surface area (Å²) in [6.45, 7) is 14.1. The molecule has 0 aromatic heterocycles. The molecule has 3 rings (SSSR count). The van der Waals surface area contributed by atoms with Crippen LogP contribution in [0.2, 0.25) is 0 Å². The highest BCUT2D eigenvalue weighted by atomic mass is 32.2. The first-order valence-electron chi connectivity index (χ1n) is 19.3. The molecule has 1 aromatic carbocycles. The van der Waals surface area contributed by atoms with E-state index < -0.39 is 63.3 Å². The minimum atomic E-state index is -3.49. The number of rotatable bonds is 20. The molecule has 1 saturated heterocycles. The summed E-state index contributed by atoms with van der Waals surface area (Å²) >= 11 is 0. The molecule has 0 radical (unpaired) electrons. The van der Waals surface area contributed by atoms with Gasteiger partial charge in [-0.05, 0) is 63.5 Å². The maximum absolute atomic E-state index is 14.5. The molecular weight excluding hydrogens is 749 g/mol. The fraction of sp³-hybridized carbons (Fsp3) is 0.744. The van der Waals surface area contributed by atoms with Crippen LogP contribution in [0, 0.1) is 5.41 Å². The normalized spacial score (nSPS) is 19.8. The van der Waals surface area contributed by atoms with E-state index in [1.165, 1.54) is 22.4 Å². The zero-order valence-electron chi connectivity index (χ0n) is 34.6. The minimum absolute atomic E-state index is 0.0580. The fourth-order valence-corrected chi connectivity index (χ4v) is 6.76. The quantitative estimate of drug-likeness (QED) is 0.145. The molecule has 4 amide bonds. The highest BCUT2D eigenvalue weighted by Gasteiger charge is 2.46. The van der Waals surface area contributed by atoms with E-state index >= 15 is 0 Å². The van der Waals surface area contributed by atoms with Crippen LogP contribution < -0.4 is 10.6 Å². The lowest BCUT2D eigenvalue weighted by Gasteiger charge is -2.37. The van der Waals surface area contributed by atoms with Crippen LogP contribution in [0.25, 0.3) is 0 Å². The van der Waals surface area contributed by atoms with Gasteiger partial charge in [0.1, 0.15) is 23.7 Å². The van der Waals surface area contributed by atoms with Gasteiger partial charge in [-0.2, -0.15) is 8.42 Å². The van der Waals surface area contributed by atoms with Crippen LogP contribution in [0.3, 0.4) is 0 Å². The van der Waals surface area contributed by atoms with E-state index in [-0.39, 0.29) is 57.9 Å². The number of hydrogen-bond acceptors (Lipinski definition) is 12. The second-order valence-electron chi connectivity index (χ2n) is 16.3. The number of nitrogens with one attached hydrogen (secondary N) is 2. The summed E-state index contributed by atoms with van der Waals surface area (Å²) in [5, 5.41) is 6.09. The first kappa shape index (κ1) is 47.0. The monoisotopic (exact) mass is 812 g/mol. The second kappa shape index (κ2) is 21.4. The molecule has 16 nitrogen and oxygen atoms in total. The molecule has 318 valence electrons. The summed E-state index contributed by atoms with van der Waals surface area (Å²) in [4.78, 5) is 57.6. The van der Waals surface area contributed by atoms with Crippen molar-refractivity contribution in [1.82, 2.24) is 20.4 Å². The van der Waals surface area contributed by atoms with E-state index in [1.807, 2.05) is 39.0 Å². The van der Waals surface area contributed by atoms with Gasteiger partial charge in [0.15, 0.2) is 0 Å². The standard InChI is InChI=1S/C39H64N4O12S/c1-27(42(8)37(47)55-39(5,6)7)34(44)41-33(38(2,3)4)36(46)43-26-29(53-23-21-51-19-17-50-18-20-52-22-24-54-56(9,48)49)25-32(43)35(45)40-31-16-12-14-28-13-10-11-15-30(28)31/h10-11,13,15,27,29,31-33H,12,14,16-26H2,1-9H3,(H,40,45)(H,41,44)/t27-,29-,31-,32-,33+/m0/s1. The predicted molar refractivity (Wildman–Crippen MR) is 208 cm³/mol. The molecule has 2 N–H and O–H groups in total. The summed E-state index contributed by atoms with van der Waals surface area (Å²) in [6, 6.07) is 5.05. The lowest BCUT2D eigenvalue weighted by molar-refractivity contribution is -0.144. The zero-order chi connectivity index (χ0) is 41.7. The number of likely N-dealkylation sites (N-methyl/N-ethyl adjacent to an activating group) is 1. The third-order valence-electron chi connectivity index (χ3n) is 9.43. The molecule has 0 bridgehead atoms. The molecule has 56 heavy (non-hydrogen) atoms. The van der Waals surface area contributed by atoms with Gasteiger partial charge in [-0.3, -0.25) is 23.5 Å². The Bertz CT molecular complexity index is 1560. The van der Waals surface area contributed by atoms with E-state index in [1.54, 1.807) is 27.7 Å². The third-order valence-corrected chi connectivity index (χ3v) is 10.0. The summed E-state index contributed by atoms with van der Waals surface area (Å²) < 4.78 is 54.5. The molecule has 1 fully saturated rings. The molecule has 1 heterocycles. The van der Waals surface area contributed by atoms with Crippen LogP contribution >= 0.6 is 0 Å². The molecule has 0 saturated carbocycles. The number of fused-ring (bicyclic) bond motifs is 1. The van der Waals surface area contributed by atoms with Gasteiger partial charge in [0.05, 0.1) is 71.3 Å². The first-order chi connectivity index (χ1) is 26.2. The fourth-order valence-electron chi connectivity index (χ4n) is 6.39. The molecule has 5 atom stereocenters. The molecule has 2 aliphatic rings. The Morgan fingerprint density at radius 1 is 0.911 bits per heavy atom. The number of likely N-dealkylation sites (tertiary alicyclic amines) is 1. The Hall–Kier alpha value is -3.35. The van der Waals surface area contributed by atoms with Gasteiger partial charge in [0.2, 0.25) is 17.7 Å². The van der Waals surface area contributed by atoms with Crippen molar-refractivity contribution in [1.29, 1.82) is 0 Å². The van der Waals surface area contributed by atoms with Gasteiger partial charge in [-0.1, -0.05) is 45.0 Å². The number of aryl methyl sites for hydroxylation is 1. The minimum Gasteiger partial charge on any atom is -0.444 e. The number of amides is 4. The van der Waals surface area contributed by atoms with Gasteiger partial charge in [0, 0.05) is 20.0 Å². The lowest BCUT2D eigenvalue weighted by Crippen LogP contribution is -2.60. The molecule has 1 aliphatic heterocycles. The van der Waals surface area contributed by atoms with Crippen molar-refractivity contribution in [3.63, 3.8) is 0 Å². The Morgan fingerprint density at radius 3 is 2.09 bits per heavy atom. The largest absolute Gasteiger partial charge is 0.444 e. The maximum atomic E-state index is 14.5. The lowest BCUT2D eigenvalue weighted by atomic mass is 9.85. The summed E-state index contributed by atoms with van der Waals surface area (Å²) in [7, 11) is -2.03. The SMILES string of the molecule is C[C@@H](C(=O)N[C@H](C(=O)N1C[C@@H](OCCOCCOCCOCCOS(C)(=O)=O)C[C@H]1C(=O)N[C@H]1CCCc2ccccc21)C(C)(C)C)N(C)C(=O)OC(C)(C)C. The smallest absolute Gasteiger partial charge is 0.410 e. The number of benzene rings is 1. The Labute approximate surface area is 332 Å². The van der Waals surface area contributed by atoms with Gasteiger partial charge >= 0.3 is 6.09 Å². The molecule has 0 spiro atoms. The van der Waals surface area contributed by atoms with Crippen LogP contribution in [0.4, 0.5) is 4.79 Å². The number of carbonyl (C=O) groups is 4. The third kappa shape index (κ3) is 15.5. The Balaban J connectivity index is 1.62. The van der Waals surface area contributed by atoms with E-state index in [4.69, 9.17) is 23.7 Å². The number of hydrogen-bond donors (Lipinski definition) is 2. The molecule has 1 aliphatic carbocycles. The second-order valence-corrected chi connectivity index (χ2v) is 18.0. The van der Waals surface area contributed by atoms with Crippen molar-refractivity contribution in [2.45, 2.75) is 110 Å². The van der Waals surface area contributed by atoms with E-state index in [0.29, 0.717) is 19.8 Å². The van der Waals surface area contributed by atoms with Crippen LogP contribution in [0.5, 0.6) is 0 Å². The molecule has 17 heteroatoms. The highest BCUT2D eigenvalue weighted by Crippen LogP contribution is 2.32. The van der Waals surface area contributed by atoms with Crippen molar-refractivity contribution in [3.8, 4) is 0 Å². The average Bonchev–Trinajstić information content (AvgIpc) is 3.54. The zero-order valence-corrected chi connectivity index (χ0v) is 35.4. The summed E-state index contributed by atoms with van der Waals surface area (Å²) in [5.74, 6) is -1.25. The van der Waals surface area contributed by atoms with Crippen molar-refractivity contribution in [2.75, 3.05) is 72.7 Å². The highest BCUT2D eigenvalue weighted by molar-refractivity contribution is 7.85. The topological polar surface area (TPSA) is 188 Å². The van der Waals surface area contributed by atoms with E-state index in [0.717, 1.165) is 31.1 Å². The average molecular weight is 813 g/mol. The molecule has 1 aromatic rings. The van der Waals surface area contributed by atoms with E-state index in [9.17, 15) is 27.6 Å². The molecular formula is C39H64N4O12S. The van der Waals surface area contributed by atoms with Crippen molar-refractivity contribution < 1.29 is 55.5 Å². The predicted octanol–water partition coefficient (Wildman–Crippen LogP) is 2.98. The number of carbonyl (C=O) groups excluding carboxylic acids is 4.